The van der Waals surface area contributed by atoms with Gasteiger partial charge < -0.3 is 10.6 Å². The van der Waals surface area contributed by atoms with E-state index in [9.17, 15) is 0 Å². The Bertz CT molecular complexity index is 536. The lowest BCUT2D eigenvalue weighted by atomic mass is 9.99. The second kappa shape index (κ2) is 7.34. The van der Waals surface area contributed by atoms with Crippen molar-refractivity contribution in [1.82, 2.24) is 9.88 Å². The van der Waals surface area contributed by atoms with E-state index in [1.54, 1.807) is 0 Å². The van der Waals surface area contributed by atoms with E-state index in [4.69, 9.17) is 5.73 Å². The molecule has 1 aromatic heterocycles. The molecule has 2 N–H and O–H groups in total. The molecule has 112 valence electrons. The number of likely N-dealkylation sites (N-methyl/N-ethyl adjacent to an activating group) is 1. The number of nitrogens with zero attached hydrogens (tertiary/aromatic N) is 2. The van der Waals surface area contributed by atoms with Crippen LogP contribution in [-0.4, -0.2) is 29.5 Å². The molecule has 0 radical (unpaired) electrons. The molecule has 2 unspecified atom stereocenters. The molecule has 1 heterocycles. The lowest BCUT2D eigenvalue weighted by molar-refractivity contribution is 0.229. The van der Waals surface area contributed by atoms with Crippen molar-refractivity contribution in [2.24, 2.45) is 5.73 Å². The molecule has 0 aliphatic heterocycles. The molecule has 0 saturated carbocycles. The van der Waals surface area contributed by atoms with Crippen molar-refractivity contribution in [1.29, 1.82) is 0 Å². The summed E-state index contributed by atoms with van der Waals surface area (Å²) in [7, 11) is 2.13. The Balaban J connectivity index is 1.92. The number of pyridine rings is 1. The van der Waals surface area contributed by atoms with Gasteiger partial charge in [-0.05, 0) is 38.6 Å². The third-order valence-electron chi connectivity index (χ3n) is 4.12. The Hall–Kier alpha value is -1.71. The molecule has 1 aromatic carbocycles. The monoisotopic (exact) mass is 283 g/mol. The van der Waals surface area contributed by atoms with Gasteiger partial charge in [-0.2, -0.15) is 0 Å². The van der Waals surface area contributed by atoms with E-state index >= 15 is 0 Å². The SMILES string of the molecule is Cc1ccc(C(N)C(C)N(C)CCc2ccccn2)cc1. The highest BCUT2D eigenvalue weighted by Crippen LogP contribution is 2.18. The first-order valence-corrected chi connectivity index (χ1v) is 7.50. The Kier molecular flexibility index (Phi) is 5.48. The second-order valence-electron chi connectivity index (χ2n) is 5.73. The molecule has 0 saturated heterocycles. The predicted molar refractivity (Wildman–Crippen MR) is 88.1 cm³/mol. The van der Waals surface area contributed by atoms with Gasteiger partial charge in [-0.15, -0.1) is 0 Å². The van der Waals surface area contributed by atoms with Gasteiger partial charge >= 0.3 is 0 Å². The van der Waals surface area contributed by atoms with Gasteiger partial charge in [-0.1, -0.05) is 35.9 Å². The van der Waals surface area contributed by atoms with Gasteiger partial charge in [0.2, 0.25) is 0 Å². The Labute approximate surface area is 127 Å². The number of hydrogen-bond acceptors (Lipinski definition) is 3. The maximum absolute atomic E-state index is 6.40. The van der Waals surface area contributed by atoms with Crippen LogP contribution in [0.2, 0.25) is 0 Å². The zero-order chi connectivity index (χ0) is 15.2. The third-order valence-corrected chi connectivity index (χ3v) is 4.12. The summed E-state index contributed by atoms with van der Waals surface area (Å²) < 4.78 is 0. The van der Waals surface area contributed by atoms with Crippen LogP contribution in [0, 0.1) is 6.92 Å². The molecule has 0 spiro atoms. The van der Waals surface area contributed by atoms with E-state index in [1.165, 1.54) is 11.1 Å². The predicted octanol–water partition coefficient (Wildman–Crippen LogP) is 2.95. The Morgan fingerprint density at radius 3 is 2.48 bits per heavy atom. The second-order valence-corrected chi connectivity index (χ2v) is 5.73. The van der Waals surface area contributed by atoms with E-state index in [0.29, 0.717) is 0 Å². The topological polar surface area (TPSA) is 42.1 Å². The summed E-state index contributed by atoms with van der Waals surface area (Å²) in [6.45, 7) is 5.23. The van der Waals surface area contributed by atoms with Crippen molar-refractivity contribution in [3.63, 3.8) is 0 Å². The number of nitrogens with two attached hydrogens (primary N) is 1. The quantitative estimate of drug-likeness (QED) is 0.886. The largest absolute Gasteiger partial charge is 0.323 e. The fourth-order valence-electron chi connectivity index (χ4n) is 2.38. The fraction of sp³-hybridized carbons (Fsp3) is 0.389. The van der Waals surface area contributed by atoms with Crippen molar-refractivity contribution in [3.8, 4) is 0 Å². The van der Waals surface area contributed by atoms with Crippen LogP contribution in [0.25, 0.3) is 0 Å². The van der Waals surface area contributed by atoms with Gasteiger partial charge in [0.1, 0.15) is 0 Å². The lowest BCUT2D eigenvalue weighted by Gasteiger charge is -2.30. The minimum atomic E-state index is 0.0272. The molecule has 2 atom stereocenters. The number of hydrogen-bond donors (Lipinski definition) is 1. The Morgan fingerprint density at radius 1 is 1.14 bits per heavy atom. The molecule has 0 fully saturated rings. The van der Waals surface area contributed by atoms with Gasteiger partial charge in [0, 0.05) is 36.9 Å². The number of aromatic nitrogens is 1. The normalized spacial score (nSPS) is 14.1. The van der Waals surface area contributed by atoms with Crippen LogP contribution in [0.4, 0.5) is 0 Å². The van der Waals surface area contributed by atoms with Crippen molar-refractivity contribution in [3.05, 3.63) is 65.5 Å². The van der Waals surface area contributed by atoms with E-state index in [-0.39, 0.29) is 12.1 Å². The number of benzene rings is 1. The molecule has 21 heavy (non-hydrogen) atoms. The van der Waals surface area contributed by atoms with Crippen LogP contribution < -0.4 is 5.73 Å². The van der Waals surface area contributed by atoms with Crippen LogP contribution in [0.3, 0.4) is 0 Å². The summed E-state index contributed by atoms with van der Waals surface area (Å²) in [5.41, 5.74) is 9.98. The van der Waals surface area contributed by atoms with Crippen molar-refractivity contribution >= 4 is 0 Å². The zero-order valence-corrected chi connectivity index (χ0v) is 13.2. The molecule has 0 aliphatic rings. The van der Waals surface area contributed by atoms with E-state index in [1.807, 2.05) is 18.3 Å². The van der Waals surface area contributed by atoms with Crippen LogP contribution in [0.5, 0.6) is 0 Å². The van der Waals surface area contributed by atoms with Gasteiger partial charge in [0.05, 0.1) is 0 Å². The summed E-state index contributed by atoms with van der Waals surface area (Å²) >= 11 is 0. The first-order valence-electron chi connectivity index (χ1n) is 7.50. The van der Waals surface area contributed by atoms with Crippen molar-refractivity contribution in [2.75, 3.05) is 13.6 Å². The molecular weight excluding hydrogens is 258 g/mol. The maximum Gasteiger partial charge on any atom is 0.0450 e. The summed E-state index contributed by atoms with van der Waals surface area (Å²) in [6, 6.07) is 14.9. The average Bonchev–Trinajstić information content (AvgIpc) is 2.53. The van der Waals surface area contributed by atoms with Crippen LogP contribution >= 0.6 is 0 Å². The zero-order valence-electron chi connectivity index (χ0n) is 13.2. The molecule has 0 amide bonds. The van der Waals surface area contributed by atoms with E-state index in [2.05, 4.69) is 61.1 Å². The summed E-state index contributed by atoms with van der Waals surface area (Å²) in [6.07, 6.45) is 2.79. The molecule has 3 nitrogen and oxygen atoms in total. The minimum Gasteiger partial charge on any atom is -0.323 e. The molecule has 2 aromatic rings. The van der Waals surface area contributed by atoms with Crippen LogP contribution in [0.15, 0.2) is 48.7 Å². The first-order chi connectivity index (χ1) is 10.1. The standard InChI is InChI=1S/C18H25N3/c1-14-7-9-16(10-8-14)18(19)15(2)21(3)13-11-17-6-4-5-12-20-17/h4-10,12,15,18H,11,13,19H2,1-3H3. The highest BCUT2D eigenvalue weighted by Gasteiger charge is 2.18. The van der Waals surface area contributed by atoms with Gasteiger partial charge in [0.25, 0.3) is 0 Å². The van der Waals surface area contributed by atoms with Gasteiger partial charge in [-0.3, -0.25) is 4.98 Å². The molecule has 0 bridgehead atoms. The highest BCUT2D eigenvalue weighted by molar-refractivity contribution is 5.24. The number of aryl methyl sites for hydroxylation is 1. The smallest absolute Gasteiger partial charge is 0.0450 e. The summed E-state index contributed by atoms with van der Waals surface area (Å²) in [5, 5.41) is 0. The van der Waals surface area contributed by atoms with Gasteiger partial charge in [-0.25, -0.2) is 0 Å². The number of rotatable bonds is 6. The summed E-state index contributed by atoms with van der Waals surface area (Å²) in [4.78, 5) is 6.67. The lowest BCUT2D eigenvalue weighted by Crippen LogP contribution is -2.39. The summed E-state index contributed by atoms with van der Waals surface area (Å²) in [5.74, 6) is 0. The van der Waals surface area contributed by atoms with E-state index < -0.39 is 0 Å². The van der Waals surface area contributed by atoms with Crippen LogP contribution in [0.1, 0.15) is 29.8 Å². The minimum absolute atomic E-state index is 0.0272. The molecule has 0 aliphatic carbocycles. The van der Waals surface area contributed by atoms with Crippen molar-refractivity contribution in [2.45, 2.75) is 32.4 Å². The third kappa shape index (κ3) is 4.38. The highest BCUT2D eigenvalue weighted by atomic mass is 15.1. The Morgan fingerprint density at radius 2 is 1.86 bits per heavy atom. The van der Waals surface area contributed by atoms with Crippen LogP contribution in [-0.2, 0) is 6.42 Å². The van der Waals surface area contributed by atoms with Gasteiger partial charge in [0.15, 0.2) is 0 Å². The maximum atomic E-state index is 6.40. The van der Waals surface area contributed by atoms with Crippen molar-refractivity contribution < 1.29 is 0 Å². The first kappa shape index (κ1) is 15.7. The molecule has 2 rings (SSSR count). The average molecular weight is 283 g/mol. The molecular formula is C18H25N3. The molecule has 3 heteroatoms. The van der Waals surface area contributed by atoms with E-state index in [0.717, 1.165) is 18.7 Å². The fourth-order valence-corrected chi connectivity index (χ4v) is 2.38.